The third-order valence-electron chi connectivity index (χ3n) is 4.11. The minimum Gasteiger partial charge on any atom is -0.323 e. The average Bonchev–Trinajstić information content (AvgIpc) is 3.16. The van der Waals surface area contributed by atoms with Crippen molar-refractivity contribution in [3.05, 3.63) is 40.7 Å². The first-order valence-electron chi connectivity index (χ1n) is 8.06. The highest BCUT2D eigenvalue weighted by Crippen LogP contribution is 2.29. The van der Waals surface area contributed by atoms with Crippen molar-refractivity contribution in [2.45, 2.75) is 26.7 Å². The van der Waals surface area contributed by atoms with Gasteiger partial charge in [0.15, 0.2) is 10.9 Å². The normalized spacial score (nSPS) is 14.5. The van der Waals surface area contributed by atoms with Gasteiger partial charge in [-0.3, -0.25) is 14.7 Å². The number of Topliss-reactive ketones (excluding diaryl/α,β-unsaturated/α-hetero) is 1. The van der Waals surface area contributed by atoms with E-state index in [9.17, 15) is 9.59 Å². The van der Waals surface area contributed by atoms with Crippen LogP contribution >= 0.6 is 11.3 Å². The number of ketones is 1. The van der Waals surface area contributed by atoms with Crippen LogP contribution < -0.4 is 4.90 Å². The Morgan fingerprint density at radius 1 is 1.38 bits per heavy atom. The number of rotatable bonds is 6. The van der Waals surface area contributed by atoms with Crippen LogP contribution in [0.3, 0.4) is 0 Å². The molecule has 2 aromatic rings. The van der Waals surface area contributed by atoms with Gasteiger partial charge in [0.1, 0.15) is 0 Å². The second kappa shape index (κ2) is 7.09. The number of pyridine rings is 1. The van der Waals surface area contributed by atoms with Crippen molar-refractivity contribution in [2.24, 2.45) is 0 Å². The molecule has 7 heteroatoms. The van der Waals surface area contributed by atoms with Gasteiger partial charge in [-0.1, -0.05) is 17.4 Å². The van der Waals surface area contributed by atoms with Gasteiger partial charge in [0, 0.05) is 38.4 Å². The standard InChI is InChI=1S/C17H20N4O2S/c1-3-20-9-10-21(17(20)23)16-19-12(2)15(24-16)14(22)7-6-13-5-4-8-18-11-13/h4-5,8,11H,3,6-7,9-10H2,1-2H3. The van der Waals surface area contributed by atoms with Crippen LogP contribution in [0.25, 0.3) is 0 Å². The van der Waals surface area contributed by atoms with Crippen LogP contribution in [0.5, 0.6) is 0 Å². The number of carbonyl (C=O) groups is 2. The first kappa shape index (κ1) is 16.6. The van der Waals surface area contributed by atoms with Gasteiger partial charge in [-0.15, -0.1) is 0 Å². The summed E-state index contributed by atoms with van der Waals surface area (Å²) in [6.07, 6.45) is 4.58. The van der Waals surface area contributed by atoms with E-state index in [0.29, 0.717) is 48.2 Å². The number of urea groups is 1. The molecule has 3 heterocycles. The minimum absolute atomic E-state index is 0.0272. The van der Waals surface area contributed by atoms with E-state index in [1.165, 1.54) is 11.3 Å². The summed E-state index contributed by atoms with van der Waals surface area (Å²) in [7, 11) is 0. The molecular formula is C17H20N4O2S. The molecule has 1 aliphatic heterocycles. The van der Waals surface area contributed by atoms with Gasteiger partial charge in [0.2, 0.25) is 0 Å². The predicted octanol–water partition coefficient (Wildman–Crippen LogP) is 2.92. The molecule has 0 atom stereocenters. The van der Waals surface area contributed by atoms with Crippen molar-refractivity contribution >= 4 is 28.3 Å². The molecule has 0 aromatic carbocycles. The number of likely N-dealkylation sites (N-methyl/N-ethyl adjacent to an activating group) is 1. The number of hydrogen-bond acceptors (Lipinski definition) is 5. The highest BCUT2D eigenvalue weighted by molar-refractivity contribution is 7.17. The topological polar surface area (TPSA) is 66.4 Å². The number of anilines is 1. The van der Waals surface area contributed by atoms with Crippen molar-refractivity contribution < 1.29 is 9.59 Å². The van der Waals surface area contributed by atoms with Crippen LogP contribution in [0.2, 0.25) is 0 Å². The summed E-state index contributed by atoms with van der Waals surface area (Å²) in [5, 5.41) is 0.623. The third kappa shape index (κ3) is 3.31. The maximum Gasteiger partial charge on any atom is 0.326 e. The molecule has 126 valence electrons. The Labute approximate surface area is 145 Å². The van der Waals surface area contributed by atoms with Crippen LogP contribution in [-0.4, -0.2) is 46.3 Å². The molecule has 0 aliphatic carbocycles. The molecule has 3 rings (SSSR count). The zero-order valence-electron chi connectivity index (χ0n) is 13.9. The number of thiazole rings is 1. The lowest BCUT2D eigenvalue weighted by Crippen LogP contribution is -2.31. The summed E-state index contributed by atoms with van der Waals surface area (Å²) in [6.45, 7) is 5.81. The van der Waals surface area contributed by atoms with E-state index in [1.807, 2.05) is 26.0 Å². The maximum absolute atomic E-state index is 12.5. The van der Waals surface area contributed by atoms with E-state index in [1.54, 1.807) is 22.2 Å². The Kier molecular flexibility index (Phi) is 4.89. The third-order valence-corrected chi connectivity index (χ3v) is 5.33. The Balaban J connectivity index is 1.70. The van der Waals surface area contributed by atoms with Gasteiger partial charge < -0.3 is 4.90 Å². The first-order valence-corrected chi connectivity index (χ1v) is 8.87. The molecule has 1 fully saturated rings. The van der Waals surface area contributed by atoms with Gasteiger partial charge in [-0.25, -0.2) is 9.78 Å². The monoisotopic (exact) mass is 344 g/mol. The van der Waals surface area contributed by atoms with E-state index < -0.39 is 0 Å². The minimum atomic E-state index is -0.0272. The Morgan fingerprint density at radius 2 is 2.21 bits per heavy atom. The number of carbonyl (C=O) groups excluding carboxylic acids is 2. The lowest BCUT2D eigenvalue weighted by Gasteiger charge is -2.14. The summed E-state index contributed by atoms with van der Waals surface area (Å²) in [5.41, 5.74) is 1.75. The molecule has 6 nitrogen and oxygen atoms in total. The van der Waals surface area contributed by atoms with Crippen molar-refractivity contribution in [2.75, 3.05) is 24.5 Å². The van der Waals surface area contributed by atoms with Crippen molar-refractivity contribution in [3.63, 3.8) is 0 Å². The number of amides is 2. The van der Waals surface area contributed by atoms with Gasteiger partial charge in [-0.2, -0.15) is 0 Å². The van der Waals surface area contributed by atoms with Crippen molar-refractivity contribution in [1.82, 2.24) is 14.9 Å². The van der Waals surface area contributed by atoms with Gasteiger partial charge in [0.25, 0.3) is 0 Å². The van der Waals surface area contributed by atoms with Gasteiger partial charge in [-0.05, 0) is 31.9 Å². The molecule has 0 saturated carbocycles. The molecule has 0 unspecified atom stereocenters. The molecule has 0 radical (unpaired) electrons. The number of aromatic nitrogens is 2. The summed E-state index contributed by atoms with van der Waals surface area (Å²) in [4.78, 5) is 37.4. The fraction of sp³-hybridized carbons (Fsp3) is 0.412. The van der Waals surface area contributed by atoms with Crippen LogP contribution in [-0.2, 0) is 6.42 Å². The first-order chi connectivity index (χ1) is 11.6. The molecule has 0 N–H and O–H groups in total. The van der Waals surface area contributed by atoms with Crippen molar-refractivity contribution in [1.29, 1.82) is 0 Å². The second-order valence-electron chi connectivity index (χ2n) is 5.71. The van der Waals surface area contributed by atoms with E-state index in [0.717, 1.165) is 5.56 Å². The molecule has 2 amide bonds. The lowest BCUT2D eigenvalue weighted by molar-refractivity contribution is 0.0986. The fourth-order valence-corrected chi connectivity index (χ4v) is 3.78. The SMILES string of the molecule is CCN1CCN(c2nc(C)c(C(=O)CCc3cccnc3)s2)C1=O. The summed E-state index contributed by atoms with van der Waals surface area (Å²) in [5.74, 6) is 0.0686. The average molecular weight is 344 g/mol. The predicted molar refractivity (Wildman–Crippen MR) is 93.7 cm³/mol. The molecular weight excluding hydrogens is 324 g/mol. The van der Waals surface area contributed by atoms with Crippen molar-refractivity contribution in [3.8, 4) is 0 Å². The zero-order chi connectivity index (χ0) is 17.1. The highest BCUT2D eigenvalue weighted by Gasteiger charge is 2.31. The quantitative estimate of drug-likeness (QED) is 0.756. The Morgan fingerprint density at radius 3 is 2.88 bits per heavy atom. The number of nitrogens with zero attached hydrogens (tertiary/aromatic N) is 4. The van der Waals surface area contributed by atoms with Crippen LogP contribution in [0, 0.1) is 6.92 Å². The smallest absolute Gasteiger partial charge is 0.323 e. The molecule has 24 heavy (non-hydrogen) atoms. The van der Waals surface area contributed by atoms with Crippen LogP contribution in [0.4, 0.5) is 9.93 Å². The fourth-order valence-electron chi connectivity index (χ4n) is 2.73. The molecule has 1 aliphatic rings. The Bertz CT molecular complexity index is 744. The zero-order valence-corrected chi connectivity index (χ0v) is 14.7. The lowest BCUT2D eigenvalue weighted by atomic mass is 10.1. The second-order valence-corrected chi connectivity index (χ2v) is 6.69. The van der Waals surface area contributed by atoms with E-state index in [-0.39, 0.29) is 11.8 Å². The summed E-state index contributed by atoms with van der Waals surface area (Å²) < 4.78 is 0. The Hall–Kier alpha value is -2.28. The number of aryl methyl sites for hydroxylation is 2. The van der Waals surface area contributed by atoms with Gasteiger partial charge in [0.05, 0.1) is 10.6 Å². The molecule has 0 spiro atoms. The van der Waals surface area contributed by atoms with Gasteiger partial charge >= 0.3 is 6.03 Å². The molecule has 1 saturated heterocycles. The van der Waals surface area contributed by atoms with Crippen LogP contribution in [0.15, 0.2) is 24.5 Å². The van der Waals surface area contributed by atoms with Crippen LogP contribution in [0.1, 0.15) is 34.3 Å². The van der Waals surface area contributed by atoms with E-state index in [2.05, 4.69) is 9.97 Å². The van der Waals surface area contributed by atoms with E-state index in [4.69, 9.17) is 0 Å². The maximum atomic E-state index is 12.5. The summed E-state index contributed by atoms with van der Waals surface area (Å²) in [6, 6.07) is 3.81. The largest absolute Gasteiger partial charge is 0.326 e. The number of hydrogen-bond donors (Lipinski definition) is 0. The highest BCUT2D eigenvalue weighted by atomic mass is 32.1. The molecule has 2 aromatic heterocycles. The van der Waals surface area contributed by atoms with E-state index >= 15 is 0 Å². The summed E-state index contributed by atoms with van der Waals surface area (Å²) >= 11 is 1.32. The molecule has 0 bridgehead atoms.